The van der Waals surface area contributed by atoms with Gasteiger partial charge in [-0.1, -0.05) is 12.1 Å². The van der Waals surface area contributed by atoms with E-state index in [-0.39, 0.29) is 6.04 Å². The van der Waals surface area contributed by atoms with E-state index >= 15 is 0 Å². The second-order valence-electron chi connectivity index (χ2n) is 2.48. The average molecular weight is 179 g/mol. The van der Waals surface area contributed by atoms with Crippen LogP contribution in [-0.2, 0) is 0 Å². The Balaban J connectivity index is 3.03. The lowest BCUT2D eigenvalue weighted by Crippen LogP contribution is -2.26. The summed E-state index contributed by atoms with van der Waals surface area (Å²) >= 11 is 0. The standard InChI is InChI=1S/C9H13N3O/c1-3-8(12-10)7-5-4-6-11-9(7)13-2/h3-6,8,12H,1,10H2,2H3. The number of nitrogens with zero attached hydrogens (tertiary/aromatic N) is 1. The summed E-state index contributed by atoms with van der Waals surface area (Å²) in [6, 6.07) is 3.58. The summed E-state index contributed by atoms with van der Waals surface area (Å²) in [5.74, 6) is 5.89. The summed E-state index contributed by atoms with van der Waals surface area (Å²) in [5, 5.41) is 0. The quantitative estimate of drug-likeness (QED) is 0.407. The number of ether oxygens (including phenoxy) is 1. The molecule has 70 valence electrons. The summed E-state index contributed by atoms with van der Waals surface area (Å²) in [7, 11) is 1.57. The van der Waals surface area contributed by atoms with Crippen LogP contribution in [-0.4, -0.2) is 12.1 Å². The zero-order chi connectivity index (χ0) is 9.68. The number of hydrazine groups is 1. The first kappa shape index (κ1) is 9.70. The van der Waals surface area contributed by atoms with Gasteiger partial charge < -0.3 is 4.74 Å². The summed E-state index contributed by atoms with van der Waals surface area (Å²) in [4.78, 5) is 4.05. The third-order valence-electron chi connectivity index (χ3n) is 1.74. The summed E-state index contributed by atoms with van der Waals surface area (Å²) in [5.41, 5.74) is 3.48. The van der Waals surface area contributed by atoms with Gasteiger partial charge in [0.15, 0.2) is 0 Å². The van der Waals surface area contributed by atoms with Crippen LogP contribution < -0.4 is 16.0 Å². The molecule has 1 atom stereocenters. The molecule has 4 nitrogen and oxygen atoms in total. The fraction of sp³-hybridized carbons (Fsp3) is 0.222. The lowest BCUT2D eigenvalue weighted by atomic mass is 10.1. The Bertz CT molecular complexity index is 288. The van der Waals surface area contributed by atoms with Crippen LogP contribution in [0.2, 0.25) is 0 Å². The van der Waals surface area contributed by atoms with Crippen LogP contribution in [0.3, 0.4) is 0 Å². The van der Waals surface area contributed by atoms with Gasteiger partial charge in [0, 0.05) is 11.8 Å². The molecule has 1 rings (SSSR count). The molecule has 1 aromatic rings. The van der Waals surface area contributed by atoms with Gasteiger partial charge in [0.05, 0.1) is 13.2 Å². The molecule has 0 saturated carbocycles. The third kappa shape index (κ3) is 2.05. The molecule has 13 heavy (non-hydrogen) atoms. The number of pyridine rings is 1. The van der Waals surface area contributed by atoms with Crippen LogP contribution in [0.4, 0.5) is 0 Å². The minimum Gasteiger partial charge on any atom is -0.481 e. The zero-order valence-corrected chi connectivity index (χ0v) is 7.53. The predicted octanol–water partition coefficient (Wildman–Crippen LogP) is 0.781. The molecule has 0 spiro atoms. The summed E-state index contributed by atoms with van der Waals surface area (Å²) in [6.07, 6.45) is 3.36. The Morgan fingerprint density at radius 3 is 3.08 bits per heavy atom. The Morgan fingerprint density at radius 2 is 2.54 bits per heavy atom. The second-order valence-corrected chi connectivity index (χ2v) is 2.48. The molecule has 0 aliphatic rings. The van der Waals surface area contributed by atoms with Gasteiger partial charge in [0.1, 0.15) is 0 Å². The Morgan fingerprint density at radius 1 is 1.77 bits per heavy atom. The van der Waals surface area contributed by atoms with Crippen LogP contribution in [0, 0.1) is 0 Å². The first-order valence-electron chi connectivity index (χ1n) is 3.91. The van der Waals surface area contributed by atoms with Gasteiger partial charge in [-0.15, -0.1) is 6.58 Å². The molecule has 1 unspecified atom stereocenters. The molecule has 0 radical (unpaired) electrons. The van der Waals surface area contributed by atoms with Crippen molar-refractivity contribution in [2.24, 2.45) is 5.84 Å². The molecule has 0 bridgehead atoms. The molecule has 0 saturated heterocycles. The molecular formula is C9H13N3O. The minimum absolute atomic E-state index is 0.136. The van der Waals surface area contributed by atoms with Crippen LogP contribution in [0.1, 0.15) is 11.6 Å². The van der Waals surface area contributed by atoms with Crippen molar-refractivity contribution in [2.75, 3.05) is 7.11 Å². The van der Waals surface area contributed by atoms with Crippen molar-refractivity contribution in [2.45, 2.75) is 6.04 Å². The number of nitrogens with two attached hydrogens (primary N) is 1. The van der Waals surface area contributed by atoms with Gasteiger partial charge in [-0.3, -0.25) is 5.84 Å². The zero-order valence-electron chi connectivity index (χ0n) is 7.53. The number of hydrogen-bond acceptors (Lipinski definition) is 4. The maximum atomic E-state index is 5.33. The lowest BCUT2D eigenvalue weighted by molar-refractivity contribution is 0.388. The van der Waals surface area contributed by atoms with Gasteiger partial charge in [0.25, 0.3) is 0 Å². The van der Waals surface area contributed by atoms with E-state index in [0.717, 1.165) is 5.56 Å². The Labute approximate surface area is 77.4 Å². The fourth-order valence-electron chi connectivity index (χ4n) is 1.10. The smallest absolute Gasteiger partial charge is 0.218 e. The van der Waals surface area contributed by atoms with E-state index in [1.165, 1.54) is 0 Å². The Kier molecular flexibility index (Phi) is 3.42. The molecule has 1 aromatic heterocycles. The topological polar surface area (TPSA) is 60.2 Å². The molecule has 3 N–H and O–H groups in total. The number of hydrogen-bond donors (Lipinski definition) is 2. The van der Waals surface area contributed by atoms with E-state index in [2.05, 4.69) is 17.0 Å². The molecule has 0 aromatic carbocycles. The van der Waals surface area contributed by atoms with Gasteiger partial charge in [-0.05, 0) is 6.07 Å². The van der Waals surface area contributed by atoms with Crippen molar-refractivity contribution in [1.29, 1.82) is 0 Å². The largest absolute Gasteiger partial charge is 0.481 e. The van der Waals surface area contributed by atoms with Gasteiger partial charge in [-0.2, -0.15) is 0 Å². The van der Waals surface area contributed by atoms with E-state index in [4.69, 9.17) is 10.6 Å². The fourth-order valence-corrected chi connectivity index (χ4v) is 1.10. The number of methoxy groups -OCH3 is 1. The van der Waals surface area contributed by atoms with E-state index in [1.54, 1.807) is 19.4 Å². The molecule has 0 aliphatic heterocycles. The van der Waals surface area contributed by atoms with Crippen molar-refractivity contribution in [3.63, 3.8) is 0 Å². The third-order valence-corrected chi connectivity index (χ3v) is 1.74. The van der Waals surface area contributed by atoms with E-state index in [0.29, 0.717) is 5.88 Å². The van der Waals surface area contributed by atoms with E-state index < -0.39 is 0 Å². The number of nitrogens with one attached hydrogen (secondary N) is 1. The second kappa shape index (κ2) is 4.59. The van der Waals surface area contributed by atoms with Crippen LogP contribution in [0.5, 0.6) is 5.88 Å². The van der Waals surface area contributed by atoms with Crippen LogP contribution in [0.25, 0.3) is 0 Å². The number of rotatable bonds is 4. The summed E-state index contributed by atoms with van der Waals surface area (Å²) in [6.45, 7) is 3.66. The van der Waals surface area contributed by atoms with Crippen LogP contribution in [0.15, 0.2) is 31.0 Å². The molecule has 0 fully saturated rings. The van der Waals surface area contributed by atoms with E-state index in [9.17, 15) is 0 Å². The van der Waals surface area contributed by atoms with Crippen molar-refractivity contribution < 1.29 is 4.74 Å². The predicted molar refractivity (Wildman–Crippen MR) is 51.1 cm³/mol. The molecule has 1 heterocycles. The van der Waals surface area contributed by atoms with Gasteiger partial charge in [-0.25, -0.2) is 10.4 Å². The molecular weight excluding hydrogens is 166 g/mol. The maximum absolute atomic E-state index is 5.33. The average Bonchev–Trinajstić information content (AvgIpc) is 2.20. The molecule has 0 amide bonds. The van der Waals surface area contributed by atoms with E-state index in [1.807, 2.05) is 12.1 Å². The van der Waals surface area contributed by atoms with Crippen molar-refractivity contribution in [1.82, 2.24) is 10.4 Å². The first-order chi connectivity index (χ1) is 6.33. The number of aromatic nitrogens is 1. The monoisotopic (exact) mass is 179 g/mol. The SMILES string of the molecule is C=CC(NN)c1cccnc1OC. The molecule has 4 heteroatoms. The molecule has 0 aliphatic carbocycles. The highest BCUT2D eigenvalue weighted by atomic mass is 16.5. The Hall–Kier alpha value is -1.39. The minimum atomic E-state index is -0.136. The summed E-state index contributed by atoms with van der Waals surface area (Å²) < 4.78 is 5.08. The van der Waals surface area contributed by atoms with Gasteiger partial charge in [0.2, 0.25) is 5.88 Å². The maximum Gasteiger partial charge on any atom is 0.218 e. The van der Waals surface area contributed by atoms with Crippen LogP contribution >= 0.6 is 0 Å². The highest BCUT2D eigenvalue weighted by molar-refractivity contribution is 5.31. The van der Waals surface area contributed by atoms with Crippen molar-refractivity contribution in [3.8, 4) is 5.88 Å². The van der Waals surface area contributed by atoms with Gasteiger partial charge >= 0.3 is 0 Å². The highest BCUT2D eigenvalue weighted by Crippen LogP contribution is 2.21. The first-order valence-corrected chi connectivity index (χ1v) is 3.91. The normalized spacial score (nSPS) is 12.2. The highest BCUT2D eigenvalue weighted by Gasteiger charge is 2.10. The van der Waals surface area contributed by atoms with Crippen molar-refractivity contribution in [3.05, 3.63) is 36.5 Å². The van der Waals surface area contributed by atoms with Crippen molar-refractivity contribution >= 4 is 0 Å². The lowest BCUT2D eigenvalue weighted by Gasteiger charge is -2.13.